The van der Waals surface area contributed by atoms with Gasteiger partial charge in [0.2, 0.25) is 5.91 Å². The minimum absolute atomic E-state index is 0.0360. The van der Waals surface area contributed by atoms with Crippen molar-refractivity contribution in [2.24, 2.45) is 5.92 Å². The Morgan fingerprint density at radius 2 is 2.17 bits per heavy atom. The zero-order valence-electron chi connectivity index (χ0n) is 9.77. The smallest absolute Gasteiger partial charge is 0.229 e. The van der Waals surface area contributed by atoms with Crippen molar-refractivity contribution in [3.05, 3.63) is 28.2 Å². The average Bonchev–Trinajstić information content (AvgIpc) is 2.72. The first kappa shape index (κ1) is 13.4. The number of benzene rings is 1. The van der Waals surface area contributed by atoms with Crippen LogP contribution in [-0.4, -0.2) is 18.5 Å². The van der Waals surface area contributed by atoms with Gasteiger partial charge in [0.25, 0.3) is 0 Å². The van der Waals surface area contributed by atoms with Gasteiger partial charge in [-0.3, -0.25) is 4.79 Å². The van der Waals surface area contributed by atoms with Crippen LogP contribution in [-0.2, 0) is 4.79 Å². The van der Waals surface area contributed by atoms with Crippen molar-refractivity contribution in [3.63, 3.8) is 0 Å². The lowest BCUT2D eigenvalue weighted by Gasteiger charge is -2.15. The van der Waals surface area contributed by atoms with Crippen LogP contribution in [0.15, 0.2) is 16.6 Å². The lowest BCUT2D eigenvalue weighted by Crippen LogP contribution is -2.32. The summed E-state index contributed by atoms with van der Waals surface area (Å²) in [5.41, 5.74) is -0.125. The molecule has 0 saturated carbocycles. The second kappa shape index (κ2) is 5.32. The first-order valence-electron chi connectivity index (χ1n) is 5.68. The number of anilines is 1. The third-order valence-corrected chi connectivity index (χ3v) is 3.74. The Morgan fingerprint density at radius 1 is 1.44 bits per heavy atom. The Labute approximate surface area is 112 Å². The molecule has 0 spiro atoms. The second-order valence-corrected chi connectivity index (χ2v) is 5.23. The van der Waals surface area contributed by atoms with Crippen LogP contribution in [0.4, 0.5) is 14.5 Å². The summed E-state index contributed by atoms with van der Waals surface area (Å²) in [6, 6.07) is 2.03. The number of hydrogen-bond acceptors (Lipinski definition) is 2. The van der Waals surface area contributed by atoms with Crippen LogP contribution >= 0.6 is 15.9 Å². The van der Waals surface area contributed by atoms with Gasteiger partial charge in [0.1, 0.15) is 11.6 Å². The Morgan fingerprint density at radius 3 is 2.78 bits per heavy atom. The summed E-state index contributed by atoms with van der Waals surface area (Å²) in [5, 5.41) is 5.57. The van der Waals surface area contributed by atoms with Gasteiger partial charge in [-0.05, 0) is 41.9 Å². The molecule has 6 heteroatoms. The van der Waals surface area contributed by atoms with Crippen LogP contribution in [0.5, 0.6) is 0 Å². The molecule has 1 aliphatic rings. The summed E-state index contributed by atoms with van der Waals surface area (Å²) in [6.07, 6.45) is 0.702. The largest absolute Gasteiger partial charge is 0.323 e. The first-order chi connectivity index (χ1) is 8.49. The van der Waals surface area contributed by atoms with Crippen molar-refractivity contribution < 1.29 is 13.6 Å². The number of hydrogen-bond donors (Lipinski definition) is 2. The van der Waals surface area contributed by atoms with Crippen LogP contribution in [0.3, 0.4) is 0 Å². The molecular formula is C12H13BrF2N2O. The molecule has 2 unspecified atom stereocenters. The highest BCUT2D eigenvalue weighted by Crippen LogP contribution is 2.25. The highest BCUT2D eigenvalue weighted by atomic mass is 79.9. The molecule has 1 fully saturated rings. The van der Waals surface area contributed by atoms with Crippen LogP contribution < -0.4 is 10.6 Å². The standard InChI is InChI=1S/C12H13BrF2N2O/c1-6-7(2-3-16-6)12(18)17-11-5-9(14)8(13)4-10(11)15/h4-7,16H,2-3H2,1H3,(H,17,18). The van der Waals surface area contributed by atoms with E-state index in [1.165, 1.54) is 0 Å². The summed E-state index contributed by atoms with van der Waals surface area (Å²) in [6.45, 7) is 2.66. The van der Waals surface area contributed by atoms with E-state index < -0.39 is 11.6 Å². The summed E-state index contributed by atoms with van der Waals surface area (Å²) < 4.78 is 26.9. The summed E-state index contributed by atoms with van der Waals surface area (Å²) >= 11 is 2.88. The Hall–Kier alpha value is -1.01. The van der Waals surface area contributed by atoms with E-state index in [0.717, 1.165) is 18.7 Å². The quantitative estimate of drug-likeness (QED) is 0.823. The molecule has 2 rings (SSSR count). The molecule has 1 aromatic carbocycles. The second-order valence-electron chi connectivity index (χ2n) is 4.37. The molecule has 98 valence electrons. The highest BCUT2D eigenvalue weighted by Gasteiger charge is 2.29. The van der Waals surface area contributed by atoms with Crippen molar-refractivity contribution in [2.45, 2.75) is 19.4 Å². The lowest BCUT2D eigenvalue weighted by molar-refractivity contribution is -0.120. The van der Waals surface area contributed by atoms with Crippen LogP contribution in [0.25, 0.3) is 0 Å². The molecule has 2 N–H and O–H groups in total. The molecule has 0 bridgehead atoms. The van der Waals surface area contributed by atoms with Crippen LogP contribution in [0.2, 0.25) is 0 Å². The SMILES string of the molecule is CC1NCCC1C(=O)Nc1cc(F)c(Br)cc1F. The fourth-order valence-corrected chi connectivity index (χ4v) is 2.38. The molecule has 1 aromatic rings. The minimum atomic E-state index is -0.657. The predicted octanol–water partition coefficient (Wildman–Crippen LogP) is 2.66. The zero-order valence-corrected chi connectivity index (χ0v) is 11.4. The summed E-state index contributed by atoms with van der Waals surface area (Å²) in [5.74, 6) is -1.76. The molecule has 1 saturated heterocycles. The fraction of sp³-hybridized carbons (Fsp3) is 0.417. The molecule has 0 radical (unpaired) electrons. The van der Waals surface area contributed by atoms with Crippen LogP contribution in [0.1, 0.15) is 13.3 Å². The van der Waals surface area contributed by atoms with Crippen molar-refractivity contribution in [2.75, 3.05) is 11.9 Å². The molecule has 1 aliphatic heterocycles. The highest BCUT2D eigenvalue weighted by molar-refractivity contribution is 9.10. The Kier molecular flexibility index (Phi) is 3.97. The van der Waals surface area contributed by atoms with E-state index in [4.69, 9.17) is 0 Å². The maximum absolute atomic E-state index is 13.5. The average molecular weight is 319 g/mol. The summed E-state index contributed by atoms with van der Waals surface area (Å²) in [7, 11) is 0. The number of nitrogens with one attached hydrogen (secondary N) is 2. The van der Waals surface area contributed by atoms with Gasteiger partial charge < -0.3 is 10.6 Å². The molecule has 2 atom stereocenters. The zero-order chi connectivity index (χ0) is 13.3. The fourth-order valence-electron chi connectivity index (χ4n) is 2.06. The maximum atomic E-state index is 13.5. The van der Waals surface area contributed by atoms with E-state index in [2.05, 4.69) is 26.6 Å². The number of amides is 1. The van der Waals surface area contributed by atoms with E-state index in [9.17, 15) is 13.6 Å². The van der Waals surface area contributed by atoms with Gasteiger partial charge in [0, 0.05) is 12.1 Å². The van der Waals surface area contributed by atoms with Gasteiger partial charge >= 0.3 is 0 Å². The normalized spacial score (nSPS) is 23.1. The molecule has 1 heterocycles. The molecule has 0 aromatic heterocycles. The summed E-state index contributed by atoms with van der Waals surface area (Å²) in [4.78, 5) is 11.9. The topological polar surface area (TPSA) is 41.1 Å². The number of carbonyl (C=O) groups is 1. The molecule has 3 nitrogen and oxygen atoms in total. The van der Waals surface area contributed by atoms with Crippen molar-refractivity contribution in [1.82, 2.24) is 5.32 Å². The Balaban J connectivity index is 2.14. The number of carbonyl (C=O) groups excluding carboxylic acids is 1. The van der Waals surface area contributed by atoms with E-state index in [-0.39, 0.29) is 28.0 Å². The number of rotatable bonds is 2. The van der Waals surface area contributed by atoms with E-state index in [1.807, 2.05) is 6.92 Å². The third-order valence-electron chi connectivity index (χ3n) is 3.13. The van der Waals surface area contributed by atoms with Gasteiger partial charge in [-0.15, -0.1) is 0 Å². The van der Waals surface area contributed by atoms with Crippen LogP contribution in [0, 0.1) is 17.6 Å². The third kappa shape index (κ3) is 2.70. The lowest BCUT2D eigenvalue weighted by atomic mass is 10.0. The van der Waals surface area contributed by atoms with E-state index in [0.29, 0.717) is 6.42 Å². The van der Waals surface area contributed by atoms with Crippen molar-refractivity contribution in [1.29, 1.82) is 0 Å². The minimum Gasteiger partial charge on any atom is -0.323 e. The van der Waals surface area contributed by atoms with Crippen molar-refractivity contribution >= 4 is 27.5 Å². The number of halogens is 3. The monoisotopic (exact) mass is 318 g/mol. The molecule has 1 amide bonds. The molecule has 18 heavy (non-hydrogen) atoms. The van der Waals surface area contributed by atoms with Gasteiger partial charge in [-0.25, -0.2) is 8.78 Å². The maximum Gasteiger partial charge on any atom is 0.229 e. The van der Waals surface area contributed by atoms with Gasteiger partial charge in [0.15, 0.2) is 0 Å². The Bertz CT molecular complexity index is 481. The predicted molar refractivity (Wildman–Crippen MR) is 68.3 cm³/mol. The molecular weight excluding hydrogens is 306 g/mol. The van der Waals surface area contributed by atoms with E-state index in [1.54, 1.807) is 0 Å². The van der Waals surface area contributed by atoms with Gasteiger partial charge in [-0.1, -0.05) is 0 Å². The van der Waals surface area contributed by atoms with E-state index >= 15 is 0 Å². The van der Waals surface area contributed by atoms with Gasteiger partial charge in [-0.2, -0.15) is 0 Å². The van der Waals surface area contributed by atoms with Crippen molar-refractivity contribution in [3.8, 4) is 0 Å². The first-order valence-corrected chi connectivity index (χ1v) is 6.47. The molecule has 0 aliphatic carbocycles. The van der Waals surface area contributed by atoms with Gasteiger partial charge in [0.05, 0.1) is 16.1 Å².